The van der Waals surface area contributed by atoms with Crippen LogP contribution < -0.4 is 10.2 Å². The van der Waals surface area contributed by atoms with E-state index in [-0.39, 0.29) is 18.1 Å². The molecule has 1 aromatic carbocycles. The van der Waals surface area contributed by atoms with Gasteiger partial charge in [-0.2, -0.15) is 13.2 Å². The highest BCUT2D eigenvalue weighted by atomic mass is 19.4. The number of ether oxygens (including phenoxy) is 1. The lowest BCUT2D eigenvalue weighted by atomic mass is 10.1. The molecule has 2 fully saturated rings. The number of para-hydroxylation sites is 1. The van der Waals surface area contributed by atoms with Crippen LogP contribution in [-0.2, 0) is 15.7 Å². The number of carbonyl (C=O) groups excluding carboxylic acids is 2. The van der Waals surface area contributed by atoms with E-state index in [9.17, 15) is 22.8 Å². The summed E-state index contributed by atoms with van der Waals surface area (Å²) in [5.41, 5.74) is 0.139. The topological polar surface area (TPSA) is 78.0 Å². The lowest BCUT2D eigenvalue weighted by molar-refractivity contribution is -0.137. The molecule has 3 heterocycles. The number of rotatable bonds is 5. The number of benzene rings is 1. The van der Waals surface area contributed by atoms with Crippen molar-refractivity contribution in [2.24, 2.45) is 0 Å². The molecule has 0 radical (unpaired) electrons. The van der Waals surface area contributed by atoms with E-state index in [0.717, 1.165) is 24.8 Å². The van der Waals surface area contributed by atoms with Crippen LogP contribution in [0.15, 0.2) is 42.6 Å². The fourth-order valence-corrected chi connectivity index (χ4v) is 4.06. The molecule has 1 aromatic heterocycles. The molecule has 182 valence electrons. The molecular weight excluding hydrogens is 451 g/mol. The molecule has 2 aliphatic rings. The van der Waals surface area contributed by atoms with Gasteiger partial charge < -0.3 is 19.9 Å². The minimum absolute atomic E-state index is 0.0566. The highest BCUT2D eigenvalue weighted by molar-refractivity contribution is 5.94. The maximum Gasteiger partial charge on any atom is 0.418 e. The fraction of sp³-hybridized carbons (Fsp3) is 0.435. The molecule has 0 bridgehead atoms. The quantitative estimate of drug-likeness (QED) is 0.713. The van der Waals surface area contributed by atoms with E-state index >= 15 is 0 Å². The molecule has 1 N–H and O–H groups in total. The third-order valence-corrected chi connectivity index (χ3v) is 5.87. The second-order valence-electron chi connectivity index (χ2n) is 8.16. The smallest absolute Gasteiger partial charge is 0.378 e. The van der Waals surface area contributed by atoms with Gasteiger partial charge in [0.1, 0.15) is 5.69 Å². The Bertz CT molecular complexity index is 1020. The molecule has 8 nitrogen and oxygen atoms in total. The molecule has 2 aliphatic heterocycles. The Morgan fingerprint density at radius 2 is 1.71 bits per heavy atom. The van der Waals surface area contributed by atoms with E-state index in [1.807, 2.05) is 11.0 Å². The second-order valence-corrected chi connectivity index (χ2v) is 8.16. The first-order chi connectivity index (χ1) is 16.3. The minimum atomic E-state index is -4.55. The molecule has 4 rings (SSSR count). The number of carbonyl (C=O) groups is 2. The van der Waals surface area contributed by atoms with Crippen molar-refractivity contribution in [1.29, 1.82) is 0 Å². The third kappa shape index (κ3) is 5.84. The van der Waals surface area contributed by atoms with Crippen molar-refractivity contribution in [2.75, 3.05) is 69.2 Å². The van der Waals surface area contributed by atoms with Crippen molar-refractivity contribution in [1.82, 2.24) is 14.8 Å². The predicted octanol–water partition coefficient (Wildman–Crippen LogP) is 2.33. The Hall–Kier alpha value is -3.18. The van der Waals surface area contributed by atoms with Gasteiger partial charge in [0, 0.05) is 51.2 Å². The average molecular weight is 477 g/mol. The van der Waals surface area contributed by atoms with Gasteiger partial charge in [0.2, 0.25) is 5.91 Å². The van der Waals surface area contributed by atoms with Crippen molar-refractivity contribution < 1.29 is 27.5 Å². The molecule has 34 heavy (non-hydrogen) atoms. The number of morpholine rings is 1. The number of pyridine rings is 1. The average Bonchev–Trinajstić information content (AvgIpc) is 2.84. The normalized spacial score (nSPS) is 17.5. The van der Waals surface area contributed by atoms with Crippen LogP contribution in [0.25, 0.3) is 0 Å². The molecular formula is C23H26F3N5O3. The molecule has 0 spiro atoms. The lowest BCUT2D eigenvalue weighted by Crippen LogP contribution is -2.50. The van der Waals surface area contributed by atoms with Gasteiger partial charge in [0.05, 0.1) is 31.0 Å². The summed E-state index contributed by atoms with van der Waals surface area (Å²) in [7, 11) is 0. The van der Waals surface area contributed by atoms with Crippen LogP contribution in [0, 0.1) is 0 Å². The maximum absolute atomic E-state index is 13.1. The summed E-state index contributed by atoms with van der Waals surface area (Å²) in [5, 5.41) is 2.36. The summed E-state index contributed by atoms with van der Waals surface area (Å²) >= 11 is 0. The van der Waals surface area contributed by atoms with Crippen LogP contribution in [-0.4, -0.2) is 85.6 Å². The van der Waals surface area contributed by atoms with Crippen LogP contribution in [0.3, 0.4) is 0 Å². The van der Waals surface area contributed by atoms with Gasteiger partial charge in [-0.25, -0.2) is 0 Å². The summed E-state index contributed by atoms with van der Waals surface area (Å²) in [6, 6.07) is 8.54. The number of nitrogens with zero attached hydrogens (tertiary/aromatic N) is 4. The Morgan fingerprint density at radius 3 is 2.41 bits per heavy atom. The van der Waals surface area contributed by atoms with E-state index in [0.29, 0.717) is 45.1 Å². The summed E-state index contributed by atoms with van der Waals surface area (Å²) < 4.78 is 44.8. The number of aromatic nitrogens is 1. The summed E-state index contributed by atoms with van der Waals surface area (Å²) in [5.74, 6) is -0.713. The number of amides is 2. The summed E-state index contributed by atoms with van der Waals surface area (Å²) in [4.78, 5) is 35.2. The highest BCUT2D eigenvalue weighted by Crippen LogP contribution is 2.34. The van der Waals surface area contributed by atoms with Gasteiger partial charge in [-0.15, -0.1) is 0 Å². The van der Waals surface area contributed by atoms with Gasteiger partial charge in [-0.3, -0.25) is 19.5 Å². The van der Waals surface area contributed by atoms with Crippen molar-refractivity contribution in [2.45, 2.75) is 6.18 Å². The first kappa shape index (κ1) is 24.0. The summed E-state index contributed by atoms with van der Waals surface area (Å²) in [6.45, 7) is 4.40. The minimum Gasteiger partial charge on any atom is -0.378 e. The standard InChI is InChI=1S/C23H26F3N5O3/c24-23(25,26)18-3-1-2-4-19(18)28-21(32)16-29-7-9-31(10-8-29)22(33)20-15-17(5-6-27-20)30-11-13-34-14-12-30/h1-6,15H,7-14,16H2,(H,28,32). The summed E-state index contributed by atoms with van der Waals surface area (Å²) in [6.07, 6.45) is -2.93. The Labute approximate surface area is 195 Å². The Kier molecular flexibility index (Phi) is 7.32. The molecule has 0 saturated carbocycles. The van der Waals surface area contributed by atoms with Crippen LogP contribution in [0.5, 0.6) is 0 Å². The number of hydrogen-bond acceptors (Lipinski definition) is 6. The maximum atomic E-state index is 13.1. The number of piperazine rings is 1. The van der Waals surface area contributed by atoms with Crippen molar-refractivity contribution >= 4 is 23.2 Å². The predicted molar refractivity (Wildman–Crippen MR) is 120 cm³/mol. The van der Waals surface area contributed by atoms with Crippen LogP contribution >= 0.6 is 0 Å². The second kappa shape index (κ2) is 10.4. The first-order valence-corrected chi connectivity index (χ1v) is 11.1. The van der Waals surface area contributed by atoms with E-state index in [1.54, 1.807) is 17.2 Å². The number of hydrogen-bond donors (Lipinski definition) is 1. The third-order valence-electron chi connectivity index (χ3n) is 5.87. The molecule has 11 heteroatoms. The molecule has 2 saturated heterocycles. The van der Waals surface area contributed by atoms with Gasteiger partial charge in [0.15, 0.2) is 0 Å². The first-order valence-electron chi connectivity index (χ1n) is 11.1. The SMILES string of the molecule is O=C(CN1CCN(C(=O)c2cc(N3CCOCC3)ccn2)CC1)Nc1ccccc1C(F)(F)F. The zero-order valence-electron chi connectivity index (χ0n) is 18.6. The number of anilines is 2. The number of halogens is 3. The number of nitrogens with one attached hydrogen (secondary N) is 1. The van der Waals surface area contributed by atoms with Gasteiger partial charge in [0.25, 0.3) is 5.91 Å². The van der Waals surface area contributed by atoms with Crippen molar-refractivity contribution in [3.8, 4) is 0 Å². The lowest BCUT2D eigenvalue weighted by Gasteiger charge is -2.34. The molecule has 0 unspecified atom stereocenters. The van der Waals surface area contributed by atoms with E-state index in [1.165, 1.54) is 18.2 Å². The Morgan fingerprint density at radius 1 is 1.00 bits per heavy atom. The molecule has 0 aliphatic carbocycles. The van der Waals surface area contributed by atoms with Crippen molar-refractivity contribution in [3.05, 3.63) is 53.9 Å². The monoisotopic (exact) mass is 477 g/mol. The van der Waals surface area contributed by atoms with Crippen LogP contribution in [0.1, 0.15) is 16.1 Å². The Balaban J connectivity index is 1.30. The highest BCUT2D eigenvalue weighted by Gasteiger charge is 2.33. The van der Waals surface area contributed by atoms with Crippen molar-refractivity contribution in [3.63, 3.8) is 0 Å². The van der Waals surface area contributed by atoms with E-state index < -0.39 is 17.6 Å². The zero-order valence-corrected chi connectivity index (χ0v) is 18.6. The van der Waals surface area contributed by atoms with Gasteiger partial charge in [-0.1, -0.05) is 12.1 Å². The molecule has 0 atom stereocenters. The zero-order chi connectivity index (χ0) is 24.1. The molecule has 2 amide bonds. The number of alkyl halides is 3. The van der Waals surface area contributed by atoms with Crippen LogP contribution in [0.2, 0.25) is 0 Å². The van der Waals surface area contributed by atoms with E-state index in [2.05, 4.69) is 15.2 Å². The largest absolute Gasteiger partial charge is 0.418 e. The van der Waals surface area contributed by atoms with E-state index in [4.69, 9.17) is 4.74 Å². The van der Waals surface area contributed by atoms with Gasteiger partial charge >= 0.3 is 6.18 Å². The fourth-order valence-electron chi connectivity index (χ4n) is 4.06. The van der Waals surface area contributed by atoms with Gasteiger partial charge in [-0.05, 0) is 24.3 Å². The molecule has 2 aromatic rings. The van der Waals surface area contributed by atoms with Crippen LogP contribution in [0.4, 0.5) is 24.5 Å².